The first-order chi connectivity index (χ1) is 7.79. The van der Waals surface area contributed by atoms with Gasteiger partial charge >= 0.3 is 0 Å². The number of hydrogen-bond acceptors (Lipinski definition) is 2. The molecular weight excluding hydrogens is 198 g/mol. The molecule has 1 aromatic carbocycles. The maximum Gasteiger partial charge on any atom is 0.122 e. The Balaban J connectivity index is 2.12. The van der Waals surface area contributed by atoms with Crippen molar-refractivity contribution in [2.45, 2.75) is 38.1 Å². The molecule has 0 aliphatic carbocycles. The lowest BCUT2D eigenvalue weighted by atomic mass is 9.78. The third-order valence-corrected chi connectivity index (χ3v) is 3.55. The van der Waals surface area contributed by atoms with Crippen molar-refractivity contribution in [3.8, 4) is 5.75 Å². The fourth-order valence-electron chi connectivity index (χ4n) is 2.62. The van der Waals surface area contributed by atoms with Crippen LogP contribution in [-0.4, -0.2) is 19.2 Å². The van der Waals surface area contributed by atoms with Gasteiger partial charge in [0.1, 0.15) is 5.75 Å². The highest BCUT2D eigenvalue weighted by Crippen LogP contribution is 2.31. The van der Waals surface area contributed by atoms with Gasteiger partial charge in [-0.15, -0.1) is 0 Å². The summed E-state index contributed by atoms with van der Waals surface area (Å²) in [5, 5.41) is 3.60. The van der Waals surface area contributed by atoms with Gasteiger partial charge in [0.15, 0.2) is 0 Å². The van der Waals surface area contributed by atoms with Crippen molar-refractivity contribution >= 4 is 0 Å². The van der Waals surface area contributed by atoms with Gasteiger partial charge in [-0.2, -0.15) is 0 Å². The van der Waals surface area contributed by atoms with E-state index in [-0.39, 0.29) is 0 Å². The zero-order valence-electron chi connectivity index (χ0n) is 10.3. The Labute approximate surface area is 98.0 Å². The number of nitrogens with one attached hydrogen (secondary N) is 1. The summed E-state index contributed by atoms with van der Waals surface area (Å²) >= 11 is 0. The molecule has 0 saturated carbocycles. The summed E-state index contributed by atoms with van der Waals surface area (Å²) in [5.41, 5.74) is 1.66. The van der Waals surface area contributed by atoms with Crippen molar-refractivity contribution in [3.05, 3.63) is 29.8 Å². The molecule has 0 radical (unpaired) electrons. The van der Waals surface area contributed by atoms with Gasteiger partial charge in [0.05, 0.1) is 7.11 Å². The van der Waals surface area contributed by atoms with Crippen LogP contribution in [0.25, 0.3) is 0 Å². The van der Waals surface area contributed by atoms with Gasteiger partial charge in [-0.3, -0.25) is 0 Å². The molecule has 2 heteroatoms. The Hall–Kier alpha value is -1.02. The second-order valence-corrected chi connectivity index (χ2v) is 4.70. The highest BCUT2D eigenvalue weighted by molar-refractivity contribution is 5.35. The molecule has 1 aliphatic rings. The first-order valence-electron chi connectivity index (χ1n) is 6.16. The highest BCUT2D eigenvalue weighted by Gasteiger charge is 2.35. The average molecular weight is 219 g/mol. The molecule has 2 nitrogen and oxygen atoms in total. The molecule has 88 valence electrons. The van der Waals surface area contributed by atoms with E-state index in [9.17, 15) is 0 Å². The Kier molecular flexibility index (Phi) is 3.49. The Morgan fingerprint density at radius 1 is 1.38 bits per heavy atom. The van der Waals surface area contributed by atoms with E-state index in [1.807, 2.05) is 12.1 Å². The van der Waals surface area contributed by atoms with Crippen molar-refractivity contribution in [2.75, 3.05) is 13.7 Å². The summed E-state index contributed by atoms with van der Waals surface area (Å²) in [6.07, 6.45) is 4.87. The molecule has 1 unspecified atom stereocenters. The molecule has 1 N–H and O–H groups in total. The van der Waals surface area contributed by atoms with Gasteiger partial charge < -0.3 is 10.1 Å². The molecule has 0 spiro atoms. The van der Waals surface area contributed by atoms with E-state index in [1.165, 1.54) is 24.8 Å². The molecule has 0 amide bonds. The fourth-order valence-corrected chi connectivity index (χ4v) is 2.62. The minimum absolute atomic E-state index is 0.337. The van der Waals surface area contributed by atoms with Crippen LogP contribution in [-0.2, 0) is 6.42 Å². The third kappa shape index (κ3) is 2.22. The second-order valence-electron chi connectivity index (χ2n) is 4.70. The SMILES string of the molecule is CCCC1(Cc2ccccc2OC)CCN1. The number of methoxy groups -OCH3 is 1. The van der Waals surface area contributed by atoms with Crippen LogP contribution in [0, 0.1) is 0 Å². The van der Waals surface area contributed by atoms with E-state index in [0.29, 0.717) is 5.54 Å². The summed E-state index contributed by atoms with van der Waals surface area (Å²) in [5.74, 6) is 1.02. The molecule has 1 aliphatic heterocycles. The lowest BCUT2D eigenvalue weighted by molar-refractivity contribution is 0.187. The van der Waals surface area contributed by atoms with E-state index in [2.05, 4.69) is 24.4 Å². The molecular formula is C14H21NO. The Bertz CT molecular complexity index is 344. The number of hydrogen-bond donors (Lipinski definition) is 1. The Morgan fingerprint density at radius 3 is 2.69 bits per heavy atom. The van der Waals surface area contributed by atoms with Crippen LogP contribution in [0.2, 0.25) is 0 Å². The molecule has 1 fully saturated rings. The monoisotopic (exact) mass is 219 g/mol. The zero-order chi connectivity index (χ0) is 11.4. The van der Waals surface area contributed by atoms with Gasteiger partial charge in [0, 0.05) is 5.54 Å². The van der Waals surface area contributed by atoms with Gasteiger partial charge in [0.25, 0.3) is 0 Å². The van der Waals surface area contributed by atoms with E-state index >= 15 is 0 Å². The van der Waals surface area contributed by atoms with Gasteiger partial charge in [-0.25, -0.2) is 0 Å². The van der Waals surface area contributed by atoms with Crippen molar-refractivity contribution in [1.82, 2.24) is 5.32 Å². The first-order valence-corrected chi connectivity index (χ1v) is 6.16. The number of rotatable bonds is 5. The summed E-state index contributed by atoms with van der Waals surface area (Å²) in [6.45, 7) is 3.42. The average Bonchev–Trinajstić information content (AvgIpc) is 2.27. The molecule has 1 atom stereocenters. The van der Waals surface area contributed by atoms with Crippen LogP contribution in [0.3, 0.4) is 0 Å². The quantitative estimate of drug-likeness (QED) is 0.822. The van der Waals surface area contributed by atoms with Crippen molar-refractivity contribution in [3.63, 3.8) is 0 Å². The molecule has 1 heterocycles. The smallest absolute Gasteiger partial charge is 0.122 e. The standard InChI is InChI=1S/C14H21NO/c1-3-8-14(9-10-15-14)11-12-6-4-5-7-13(12)16-2/h4-7,15H,3,8-11H2,1-2H3. The predicted molar refractivity (Wildman–Crippen MR) is 67.0 cm³/mol. The third-order valence-electron chi connectivity index (χ3n) is 3.55. The molecule has 0 aromatic heterocycles. The summed E-state index contributed by atoms with van der Waals surface area (Å²) in [4.78, 5) is 0. The minimum atomic E-state index is 0.337. The van der Waals surface area contributed by atoms with Gasteiger partial charge in [-0.05, 0) is 37.4 Å². The van der Waals surface area contributed by atoms with E-state index < -0.39 is 0 Å². The van der Waals surface area contributed by atoms with Crippen LogP contribution in [0.5, 0.6) is 5.75 Å². The molecule has 2 rings (SSSR count). The van der Waals surface area contributed by atoms with E-state index in [4.69, 9.17) is 4.74 Å². The molecule has 16 heavy (non-hydrogen) atoms. The zero-order valence-corrected chi connectivity index (χ0v) is 10.3. The normalized spacial score (nSPS) is 23.9. The maximum atomic E-state index is 5.41. The molecule has 0 bridgehead atoms. The Morgan fingerprint density at radius 2 is 2.12 bits per heavy atom. The maximum absolute atomic E-state index is 5.41. The fraction of sp³-hybridized carbons (Fsp3) is 0.571. The minimum Gasteiger partial charge on any atom is -0.496 e. The number of ether oxygens (including phenoxy) is 1. The van der Waals surface area contributed by atoms with Crippen molar-refractivity contribution in [2.24, 2.45) is 0 Å². The lowest BCUT2D eigenvalue weighted by Gasteiger charge is -2.44. The largest absolute Gasteiger partial charge is 0.496 e. The molecule has 1 saturated heterocycles. The van der Waals surface area contributed by atoms with Crippen molar-refractivity contribution < 1.29 is 4.74 Å². The van der Waals surface area contributed by atoms with E-state index in [1.54, 1.807) is 7.11 Å². The number of para-hydroxylation sites is 1. The first kappa shape index (κ1) is 11.5. The molecule has 1 aromatic rings. The lowest BCUT2D eigenvalue weighted by Crippen LogP contribution is -2.58. The summed E-state index contributed by atoms with van der Waals surface area (Å²) < 4.78 is 5.41. The number of benzene rings is 1. The van der Waals surface area contributed by atoms with E-state index in [0.717, 1.165) is 18.7 Å². The summed E-state index contributed by atoms with van der Waals surface area (Å²) in [7, 11) is 1.75. The summed E-state index contributed by atoms with van der Waals surface area (Å²) in [6, 6.07) is 8.35. The van der Waals surface area contributed by atoms with Crippen molar-refractivity contribution in [1.29, 1.82) is 0 Å². The van der Waals surface area contributed by atoms with Crippen LogP contribution in [0.4, 0.5) is 0 Å². The van der Waals surface area contributed by atoms with Crippen LogP contribution < -0.4 is 10.1 Å². The highest BCUT2D eigenvalue weighted by atomic mass is 16.5. The van der Waals surface area contributed by atoms with Crippen LogP contribution in [0.15, 0.2) is 24.3 Å². The van der Waals surface area contributed by atoms with Crippen LogP contribution in [0.1, 0.15) is 31.7 Å². The second kappa shape index (κ2) is 4.88. The predicted octanol–water partition coefficient (Wildman–Crippen LogP) is 2.77. The van der Waals surface area contributed by atoms with Gasteiger partial charge in [-0.1, -0.05) is 31.5 Å². The topological polar surface area (TPSA) is 21.3 Å². The van der Waals surface area contributed by atoms with Crippen LogP contribution >= 0.6 is 0 Å². The van der Waals surface area contributed by atoms with Gasteiger partial charge in [0.2, 0.25) is 0 Å².